The van der Waals surface area contributed by atoms with E-state index in [4.69, 9.17) is 9.47 Å². The van der Waals surface area contributed by atoms with Gasteiger partial charge in [0.1, 0.15) is 18.1 Å². The highest BCUT2D eigenvalue weighted by Gasteiger charge is 2.14. The Balaban J connectivity index is 2.16. The molecule has 98 valence electrons. The summed E-state index contributed by atoms with van der Waals surface area (Å²) >= 11 is 0. The SMILES string of the molecule is COc1ccc(B(O)O)cc1COc1ccccc1. The largest absolute Gasteiger partial charge is 0.496 e. The molecule has 0 bridgehead atoms. The summed E-state index contributed by atoms with van der Waals surface area (Å²) in [6.07, 6.45) is 0. The minimum absolute atomic E-state index is 0.299. The molecule has 0 amide bonds. The molecular weight excluding hydrogens is 243 g/mol. The Kier molecular flexibility index (Phi) is 4.44. The van der Waals surface area contributed by atoms with Crippen LogP contribution in [0.3, 0.4) is 0 Å². The Morgan fingerprint density at radius 1 is 1.05 bits per heavy atom. The van der Waals surface area contributed by atoms with Crippen LogP contribution < -0.4 is 14.9 Å². The summed E-state index contributed by atoms with van der Waals surface area (Å²) in [5, 5.41) is 18.3. The molecule has 0 spiro atoms. The lowest BCUT2D eigenvalue weighted by Gasteiger charge is -2.12. The molecule has 0 aliphatic heterocycles. The lowest BCUT2D eigenvalue weighted by Crippen LogP contribution is -2.30. The summed E-state index contributed by atoms with van der Waals surface area (Å²) < 4.78 is 10.9. The smallest absolute Gasteiger partial charge is 0.488 e. The molecule has 2 N–H and O–H groups in total. The Morgan fingerprint density at radius 2 is 1.79 bits per heavy atom. The van der Waals surface area contributed by atoms with Gasteiger partial charge in [-0.2, -0.15) is 0 Å². The van der Waals surface area contributed by atoms with Crippen molar-refractivity contribution in [3.05, 3.63) is 54.1 Å². The Hall–Kier alpha value is -1.98. The fraction of sp³-hybridized carbons (Fsp3) is 0.143. The van der Waals surface area contributed by atoms with Crippen LogP contribution in [0.15, 0.2) is 48.5 Å². The molecule has 4 nitrogen and oxygen atoms in total. The summed E-state index contributed by atoms with van der Waals surface area (Å²) in [6.45, 7) is 0.299. The van der Waals surface area contributed by atoms with E-state index in [1.165, 1.54) is 0 Å². The van der Waals surface area contributed by atoms with Crippen LogP contribution in [0.2, 0.25) is 0 Å². The average Bonchev–Trinajstić information content (AvgIpc) is 2.45. The normalized spacial score (nSPS) is 10.1. The predicted octanol–water partition coefficient (Wildman–Crippen LogP) is 0.954. The van der Waals surface area contributed by atoms with Gasteiger partial charge in [-0.1, -0.05) is 30.3 Å². The maximum atomic E-state index is 9.17. The second kappa shape index (κ2) is 6.27. The van der Waals surface area contributed by atoms with Crippen molar-refractivity contribution in [3.8, 4) is 11.5 Å². The highest BCUT2D eigenvalue weighted by atomic mass is 16.5. The van der Waals surface area contributed by atoms with Crippen molar-refractivity contribution in [2.75, 3.05) is 7.11 Å². The van der Waals surface area contributed by atoms with E-state index >= 15 is 0 Å². The maximum absolute atomic E-state index is 9.17. The molecule has 0 aliphatic carbocycles. The number of benzene rings is 2. The van der Waals surface area contributed by atoms with Gasteiger partial charge >= 0.3 is 7.12 Å². The Labute approximate surface area is 112 Å². The van der Waals surface area contributed by atoms with Gasteiger partial charge in [0.25, 0.3) is 0 Å². The van der Waals surface area contributed by atoms with Crippen molar-refractivity contribution in [1.82, 2.24) is 0 Å². The molecule has 0 aliphatic rings. The predicted molar refractivity (Wildman–Crippen MR) is 73.6 cm³/mol. The molecule has 19 heavy (non-hydrogen) atoms. The standard InChI is InChI=1S/C14H15BO4/c1-18-14-8-7-12(15(16)17)9-11(14)10-19-13-5-3-2-4-6-13/h2-9,16-17H,10H2,1H3. The van der Waals surface area contributed by atoms with Gasteiger partial charge in [-0.25, -0.2) is 0 Å². The van der Waals surface area contributed by atoms with Crippen molar-refractivity contribution in [2.24, 2.45) is 0 Å². The van der Waals surface area contributed by atoms with Crippen molar-refractivity contribution < 1.29 is 19.5 Å². The molecule has 0 saturated carbocycles. The molecule has 0 aromatic heterocycles. The Bertz CT molecular complexity index is 528. The van der Waals surface area contributed by atoms with Gasteiger partial charge < -0.3 is 19.5 Å². The first kappa shape index (κ1) is 13.5. The third-order valence-corrected chi connectivity index (χ3v) is 2.74. The minimum atomic E-state index is -1.50. The van der Waals surface area contributed by atoms with E-state index in [1.54, 1.807) is 25.3 Å². The molecule has 0 saturated heterocycles. The number of rotatable bonds is 5. The number of methoxy groups -OCH3 is 1. The summed E-state index contributed by atoms with van der Waals surface area (Å²) in [4.78, 5) is 0. The van der Waals surface area contributed by atoms with Crippen molar-refractivity contribution in [2.45, 2.75) is 6.61 Å². The topological polar surface area (TPSA) is 58.9 Å². The van der Waals surface area contributed by atoms with Gasteiger partial charge in [0.05, 0.1) is 7.11 Å². The van der Waals surface area contributed by atoms with E-state index in [0.29, 0.717) is 17.8 Å². The summed E-state index contributed by atoms with van der Waals surface area (Å²) in [5.74, 6) is 1.40. The number of ether oxygens (including phenoxy) is 2. The number of hydrogen-bond acceptors (Lipinski definition) is 4. The molecule has 0 radical (unpaired) electrons. The zero-order chi connectivity index (χ0) is 13.7. The second-order valence-electron chi connectivity index (χ2n) is 4.05. The van der Waals surface area contributed by atoms with Crippen LogP contribution in [0.5, 0.6) is 11.5 Å². The minimum Gasteiger partial charge on any atom is -0.496 e. The molecule has 0 fully saturated rings. The molecule has 0 atom stereocenters. The molecule has 5 heteroatoms. The molecule has 2 aromatic rings. The van der Waals surface area contributed by atoms with E-state index in [2.05, 4.69) is 0 Å². The van der Waals surface area contributed by atoms with E-state index in [-0.39, 0.29) is 0 Å². The van der Waals surface area contributed by atoms with Crippen LogP contribution in [-0.2, 0) is 6.61 Å². The summed E-state index contributed by atoms with van der Waals surface area (Å²) in [6, 6.07) is 14.4. The maximum Gasteiger partial charge on any atom is 0.488 e. The summed E-state index contributed by atoms with van der Waals surface area (Å²) in [7, 11) is 0.0672. The van der Waals surface area contributed by atoms with Crippen molar-refractivity contribution >= 4 is 12.6 Å². The first-order valence-electron chi connectivity index (χ1n) is 5.91. The third kappa shape index (κ3) is 3.50. The molecular formula is C14H15BO4. The number of para-hydroxylation sites is 1. The van der Waals surface area contributed by atoms with Gasteiger partial charge in [-0.05, 0) is 23.7 Å². The van der Waals surface area contributed by atoms with Gasteiger partial charge in [0, 0.05) is 5.56 Å². The van der Waals surface area contributed by atoms with Crippen LogP contribution in [0.1, 0.15) is 5.56 Å². The molecule has 0 heterocycles. The van der Waals surface area contributed by atoms with Crippen LogP contribution in [-0.4, -0.2) is 24.3 Å². The van der Waals surface area contributed by atoms with E-state index in [0.717, 1.165) is 11.3 Å². The van der Waals surface area contributed by atoms with E-state index in [9.17, 15) is 10.0 Å². The van der Waals surface area contributed by atoms with Crippen molar-refractivity contribution in [1.29, 1.82) is 0 Å². The van der Waals surface area contributed by atoms with E-state index < -0.39 is 7.12 Å². The highest BCUT2D eigenvalue weighted by molar-refractivity contribution is 6.58. The number of hydrogen-bond donors (Lipinski definition) is 2. The molecule has 0 unspecified atom stereocenters. The average molecular weight is 258 g/mol. The van der Waals surface area contributed by atoms with Crippen molar-refractivity contribution in [3.63, 3.8) is 0 Å². The monoisotopic (exact) mass is 258 g/mol. The first-order chi connectivity index (χ1) is 9.20. The quantitative estimate of drug-likeness (QED) is 0.784. The van der Waals surface area contributed by atoms with Crippen LogP contribution in [0.4, 0.5) is 0 Å². The molecule has 2 rings (SSSR count). The lowest BCUT2D eigenvalue weighted by molar-refractivity contribution is 0.297. The fourth-order valence-corrected chi connectivity index (χ4v) is 1.75. The molecule has 2 aromatic carbocycles. The van der Waals surface area contributed by atoms with Gasteiger partial charge in [-0.15, -0.1) is 0 Å². The lowest BCUT2D eigenvalue weighted by atomic mass is 9.79. The van der Waals surface area contributed by atoms with Gasteiger partial charge in [-0.3, -0.25) is 0 Å². The second-order valence-corrected chi connectivity index (χ2v) is 4.05. The third-order valence-electron chi connectivity index (χ3n) is 2.74. The zero-order valence-electron chi connectivity index (χ0n) is 10.6. The van der Waals surface area contributed by atoms with Crippen LogP contribution >= 0.6 is 0 Å². The van der Waals surface area contributed by atoms with Gasteiger partial charge in [0.2, 0.25) is 0 Å². The van der Waals surface area contributed by atoms with E-state index in [1.807, 2.05) is 30.3 Å². The van der Waals surface area contributed by atoms with Crippen LogP contribution in [0.25, 0.3) is 0 Å². The highest BCUT2D eigenvalue weighted by Crippen LogP contribution is 2.19. The first-order valence-corrected chi connectivity index (χ1v) is 5.91. The van der Waals surface area contributed by atoms with Gasteiger partial charge in [0.15, 0.2) is 0 Å². The fourth-order valence-electron chi connectivity index (χ4n) is 1.75. The zero-order valence-corrected chi connectivity index (χ0v) is 10.6. The summed E-state index contributed by atoms with van der Waals surface area (Å²) in [5.41, 5.74) is 1.17. The Morgan fingerprint density at radius 3 is 2.42 bits per heavy atom. The van der Waals surface area contributed by atoms with Crippen LogP contribution in [0, 0.1) is 0 Å².